The molecule has 5 nitrogen and oxygen atoms in total. The highest BCUT2D eigenvalue weighted by molar-refractivity contribution is 9.10. The summed E-state index contributed by atoms with van der Waals surface area (Å²) in [6.07, 6.45) is 0.238. The highest BCUT2D eigenvalue weighted by atomic mass is 79.9. The maximum absolute atomic E-state index is 12.6. The van der Waals surface area contributed by atoms with E-state index in [0.717, 1.165) is 10.0 Å². The van der Waals surface area contributed by atoms with Crippen molar-refractivity contribution in [3.63, 3.8) is 0 Å². The van der Waals surface area contributed by atoms with Crippen molar-refractivity contribution < 1.29 is 14.3 Å². The summed E-state index contributed by atoms with van der Waals surface area (Å²) in [4.78, 5) is 12.6. The highest BCUT2D eigenvalue weighted by Gasteiger charge is 2.22. The van der Waals surface area contributed by atoms with Crippen LogP contribution in [0.4, 0.5) is 0 Å². The summed E-state index contributed by atoms with van der Waals surface area (Å²) in [5, 5.41) is 5.07. The van der Waals surface area contributed by atoms with Gasteiger partial charge in [0, 0.05) is 14.5 Å². The van der Waals surface area contributed by atoms with E-state index >= 15 is 0 Å². The number of benzene rings is 3. The first kappa shape index (κ1) is 21.2. The molecule has 1 amide bonds. The maximum atomic E-state index is 12.6. The fourth-order valence-electron chi connectivity index (χ4n) is 2.21. The third kappa shape index (κ3) is 6.78. The normalized spacial score (nSPS) is 10.9. The molecule has 29 heavy (non-hydrogen) atoms. The Morgan fingerprint density at radius 2 is 1.48 bits per heavy atom. The van der Waals surface area contributed by atoms with Gasteiger partial charge >= 0.3 is 12.2 Å². The Morgan fingerprint density at radius 1 is 0.931 bits per heavy atom. The van der Waals surface area contributed by atoms with E-state index < -0.39 is 12.2 Å². The zero-order chi connectivity index (χ0) is 20.6. The van der Waals surface area contributed by atoms with Gasteiger partial charge in [-0.25, -0.2) is 5.43 Å². The number of amides is 1. The summed E-state index contributed by atoms with van der Waals surface area (Å²) in [5.41, 5.74) is 3.24. The molecule has 0 heterocycles. The Hall–Kier alpha value is -2.54. The van der Waals surface area contributed by atoms with Gasteiger partial charge in [-0.1, -0.05) is 51.3 Å². The van der Waals surface area contributed by atoms with E-state index in [-0.39, 0.29) is 0 Å². The number of carbonyl (C=O) groups excluding carboxylic acids is 1. The highest BCUT2D eigenvalue weighted by Crippen LogP contribution is 2.20. The van der Waals surface area contributed by atoms with Gasteiger partial charge in [-0.3, -0.25) is 4.79 Å². The first-order valence-electron chi connectivity index (χ1n) is 8.42. The van der Waals surface area contributed by atoms with Crippen molar-refractivity contribution in [2.75, 3.05) is 0 Å². The fraction of sp³-hybridized carbons (Fsp3) is 0.0476. The third-order valence-corrected chi connectivity index (χ3v) is 4.56. The second kappa shape index (κ2) is 10.3. The molecule has 0 aliphatic carbocycles. The fourth-order valence-corrected chi connectivity index (χ4v) is 2.88. The van der Waals surface area contributed by atoms with Crippen LogP contribution in [0.2, 0.25) is 10.0 Å². The first-order valence-corrected chi connectivity index (χ1v) is 9.97. The SMILES string of the molecule is O=C(N/N=C\c1cccc(Br)c1)C(Oc1ccc(Cl)cc1)Oc1ccc(Cl)cc1. The molecule has 8 heteroatoms. The van der Waals surface area contributed by atoms with Gasteiger partial charge < -0.3 is 9.47 Å². The Morgan fingerprint density at radius 3 is 2.00 bits per heavy atom. The minimum absolute atomic E-state index is 0.416. The number of nitrogens with zero attached hydrogens (tertiary/aromatic N) is 1. The van der Waals surface area contributed by atoms with Crippen LogP contribution in [0.15, 0.2) is 82.4 Å². The van der Waals surface area contributed by atoms with Crippen LogP contribution in [0, 0.1) is 0 Å². The molecule has 3 aromatic carbocycles. The molecule has 0 aromatic heterocycles. The number of rotatable bonds is 7. The van der Waals surface area contributed by atoms with Crippen molar-refractivity contribution in [2.24, 2.45) is 5.10 Å². The summed E-state index contributed by atoms with van der Waals surface area (Å²) < 4.78 is 12.3. The number of halogens is 3. The van der Waals surface area contributed by atoms with Crippen LogP contribution < -0.4 is 14.9 Å². The van der Waals surface area contributed by atoms with Crippen molar-refractivity contribution in [1.29, 1.82) is 0 Å². The average molecular weight is 494 g/mol. The lowest BCUT2D eigenvalue weighted by Gasteiger charge is -2.19. The Kier molecular flexibility index (Phi) is 7.52. The minimum Gasteiger partial charge on any atom is -0.446 e. The average Bonchev–Trinajstić information content (AvgIpc) is 2.71. The molecular formula is C21H15BrCl2N2O3. The molecule has 0 atom stereocenters. The van der Waals surface area contributed by atoms with Crippen LogP contribution >= 0.6 is 39.1 Å². The molecule has 3 rings (SSSR count). The third-order valence-electron chi connectivity index (χ3n) is 3.56. The van der Waals surface area contributed by atoms with E-state index in [1.165, 1.54) is 6.21 Å². The van der Waals surface area contributed by atoms with Gasteiger partial charge in [0.2, 0.25) is 0 Å². The van der Waals surface area contributed by atoms with Gasteiger partial charge in [0.1, 0.15) is 11.5 Å². The van der Waals surface area contributed by atoms with Crippen LogP contribution in [0.3, 0.4) is 0 Å². The Balaban J connectivity index is 1.72. The lowest BCUT2D eigenvalue weighted by molar-refractivity contribution is -0.140. The van der Waals surface area contributed by atoms with Crippen molar-refractivity contribution in [2.45, 2.75) is 6.29 Å². The van der Waals surface area contributed by atoms with Gasteiger partial charge in [0.25, 0.3) is 0 Å². The van der Waals surface area contributed by atoms with Crippen molar-refractivity contribution >= 4 is 51.3 Å². The van der Waals surface area contributed by atoms with Crippen LogP contribution in [0.5, 0.6) is 11.5 Å². The van der Waals surface area contributed by atoms with E-state index in [1.807, 2.05) is 24.3 Å². The smallest absolute Gasteiger partial charge is 0.323 e. The molecule has 0 aliphatic rings. The van der Waals surface area contributed by atoms with E-state index in [0.29, 0.717) is 21.5 Å². The first-order chi connectivity index (χ1) is 14.0. The van der Waals surface area contributed by atoms with Gasteiger partial charge in [-0.15, -0.1) is 0 Å². The lowest BCUT2D eigenvalue weighted by Crippen LogP contribution is -2.40. The number of hydrogen-bond donors (Lipinski definition) is 1. The van der Waals surface area contributed by atoms with Gasteiger partial charge in [0.15, 0.2) is 0 Å². The van der Waals surface area contributed by atoms with Crippen LogP contribution in [0.25, 0.3) is 0 Å². The molecule has 0 spiro atoms. The number of hydrazone groups is 1. The van der Waals surface area contributed by atoms with E-state index in [1.54, 1.807) is 48.5 Å². The van der Waals surface area contributed by atoms with Crippen LogP contribution in [-0.4, -0.2) is 18.4 Å². The van der Waals surface area contributed by atoms with Crippen molar-refractivity contribution in [1.82, 2.24) is 5.43 Å². The number of ether oxygens (including phenoxy) is 2. The molecule has 0 fully saturated rings. The summed E-state index contributed by atoms with van der Waals surface area (Å²) >= 11 is 15.2. The molecule has 3 aromatic rings. The number of carbonyl (C=O) groups is 1. The molecule has 148 valence electrons. The quantitative estimate of drug-likeness (QED) is 0.261. The second-order valence-corrected chi connectivity index (χ2v) is 7.55. The van der Waals surface area contributed by atoms with Crippen molar-refractivity contribution in [3.8, 4) is 11.5 Å². The van der Waals surface area contributed by atoms with Gasteiger partial charge in [-0.2, -0.15) is 5.10 Å². The summed E-state index contributed by atoms with van der Waals surface area (Å²) in [7, 11) is 0. The molecule has 0 aliphatic heterocycles. The molecule has 1 N–H and O–H groups in total. The monoisotopic (exact) mass is 492 g/mol. The predicted octanol–water partition coefficient (Wildman–Crippen LogP) is 5.69. The summed E-state index contributed by atoms with van der Waals surface area (Å²) in [5.74, 6) is 0.250. The Bertz CT molecular complexity index is 948. The molecule has 0 saturated heterocycles. The standard InChI is InChI=1S/C21H15BrCl2N2O3/c22-15-3-1-2-14(12-15)13-25-26-20(27)21(28-18-8-4-16(23)5-9-18)29-19-10-6-17(24)7-11-19/h1-13,21H,(H,26,27)/b25-13-. The van der Waals surface area contributed by atoms with E-state index in [4.69, 9.17) is 32.7 Å². The zero-order valence-corrected chi connectivity index (χ0v) is 18.0. The molecular weight excluding hydrogens is 479 g/mol. The van der Waals surface area contributed by atoms with Crippen LogP contribution in [0.1, 0.15) is 5.56 Å². The zero-order valence-electron chi connectivity index (χ0n) is 14.9. The summed E-state index contributed by atoms with van der Waals surface area (Å²) in [6.45, 7) is 0. The van der Waals surface area contributed by atoms with Gasteiger partial charge in [-0.05, 0) is 66.2 Å². The topological polar surface area (TPSA) is 59.9 Å². The van der Waals surface area contributed by atoms with Gasteiger partial charge in [0.05, 0.1) is 6.21 Å². The van der Waals surface area contributed by atoms with Crippen LogP contribution in [-0.2, 0) is 4.79 Å². The molecule has 0 bridgehead atoms. The molecule has 0 unspecified atom stereocenters. The second-order valence-electron chi connectivity index (χ2n) is 5.76. The minimum atomic E-state index is -1.28. The van der Waals surface area contributed by atoms with E-state index in [9.17, 15) is 4.79 Å². The molecule has 0 saturated carbocycles. The largest absolute Gasteiger partial charge is 0.446 e. The van der Waals surface area contributed by atoms with E-state index in [2.05, 4.69) is 26.5 Å². The number of nitrogens with one attached hydrogen (secondary N) is 1. The predicted molar refractivity (Wildman–Crippen MR) is 118 cm³/mol. The Labute approximate surface area is 186 Å². The summed E-state index contributed by atoms with van der Waals surface area (Å²) in [6, 6.07) is 20.6. The van der Waals surface area contributed by atoms with Crippen molar-refractivity contribution in [3.05, 3.63) is 92.9 Å². The maximum Gasteiger partial charge on any atom is 0.323 e. The lowest BCUT2D eigenvalue weighted by atomic mass is 10.2. The number of hydrogen-bond acceptors (Lipinski definition) is 4. The molecule has 0 radical (unpaired) electrons.